The summed E-state index contributed by atoms with van der Waals surface area (Å²) in [7, 11) is 0. The maximum Gasteiger partial charge on any atom is 0.407 e. The number of benzene rings is 1. The summed E-state index contributed by atoms with van der Waals surface area (Å²) in [5, 5.41) is 0. The molecule has 0 unspecified atom stereocenters. The van der Waals surface area contributed by atoms with Gasteiger partial charge in [-0.2, -0.15) is 13.2 Å². The summed E-state index contributed by atoms with van der Waals surface area (Å²) in [5.41, 5.74) is -2.05. The fourth-order valence-electron chi connectivity index (χ4n) is 2.87. The Hall–Kier alpha value is -2.23. The summed E-state index contributed by atoms with van der Waals surface area (Å²) in [6.07, 6.45) is -4.70. The fourth-order valence-corrected chi connectivity index (χ4v) is 2.87. The van der Waals surface area contributed by atoms with Crippen molar-refractivity contribution in [2.75, 3.05) is 13.1 Å². The third kappa shape index (κ3) is 3.48. The van der Waals surface area contributed by atoms with Crippen LogP contribution in [0.4, 0.5) is 18.9 Å². The van der Waals surface area contributed by atoms with E-state index in [2.05, 4.69) is 4.85 Å². The first-order valence-corrected chi connectivity index (χ1v) is 7.64. The summed E-state index contributed by atoms with van der Waals surface area (Å²) < 4.78 is 44.8. The molecule has 1 aliphatic heterocycles. The summed E-state index contributed by atoms with van der Waals surface area (Å²) in [5.74, 6) is -0.274. The van der Waals surface area contributed by atoms with Gasteiger partial charge in [0.1, 0.15) is 5.75 Å². The van der Waals surface area contributed by atoms with Crippen molar-refractivity contribution in [2.45, 2.75) is 39.5 Å². The maximum absolute atomic E-state index is 13.0. The number of ether oxygens (including phenoxy) is 1. The van der Waals surface area contributed by atoms with Crippen LogP contribution < -0.4 is 4.74 Å². The van der Waals surface area contributed by atoms with Crippen molar-refractivity contribution in [1.82, 2.24) is 4.90 Å². The van der Waals surface area contributed by atoms with E-state index in [0.29, 0.717) is 13.1 Å². The number of amides is 1. The largest absolute Gasteiger partial charge is 0.480 e. The van der Waals surface area contributed by atoms with E-state index in [9.17, 15) is 18.0 Å². The Morgan fingerprint density at radius 3 is 2.62 bits per heavy atom. The number of hydrogen-bond acceptors (Lipinski definition) is 2. The highest BCUT2D eigenvalue weighted by Gasteiger charge is 2.47. The van der Waals surface area contributed by atoms with E-state index in [0.717, 1.165) is 18.6 Å². The van der Waals surface area contributed by atoms with Gasteiger partial charge < -0.3 is 9.64 Å². The Morgan fingerprint density at radius 1 is 1.42 bits per heavy atom. The van der Waals surface area contributed by atoms with Gasteiger partial charge in [0.2, 0.25) is 0 Å². The molecule has 1 aliphatic rings. The highest BCUT2D eigenvalue weighted by atomic mass is 19.4. The van der Waals surface area contributed by atoms with Gasteiger partial charge in [-0.05, 0) is 18.6 Å². The van der Waals surface area contributed by atoms with Crippen molar-refractivity contribution in [3.8, 4) is 5.75 Å². The Kier molecular flexibility index (Phi) is 4.79. The highest BCUT2D eigenvalue weighted by Crippen LogP contribution is 2.40. The summed E-state index contributed by atoms with van der Waals surface area (Å²) >= 11 is 0. The second-order valence-corrected chi connectivity index (χ2v) is 6.53. The second kappa shape index (κ2) is 6.34. The van der Waals surface area contributed by atoms with Gasteiger partial charge in [-0.25, -0.2) is 4.85 Å². The van der Waals surface area contributed by atoms with E-state index >= 15 is 0 Å². The number of rotatable bonds is 4. The van der Waals surface area contributed by atoms with Crippen LogP contribution in [0.2, 0.25) is 0 Å². The molecular formula is C17H19F3N2O2. The normalized spacial score (nSPS) is 20.1. The van der Waals surface area contributed by atoms with Gasteiger partial charge in [0.05, 0.1) is 12.1 Å². The standard InChI is InChI=1S/C17H19F3N2O2/c1-5-8-22-10-16(2,3)14(15(22)23)24-11-6-7-13(21-4)12(9-11)17(18,19)20/h6-7,9,14H,5,8,10H2,1-3H3/t14-/m0/s1. The second-order valence-electron chi connectivity index (χ2n) is 6.53. The Morgan fingerprint density at radius 2 is 2.08 bits per heavy atom. The number of carbonyl (C=O) groups excluding carboxylic acids is 1. The molecule has 0 aromatic heterocycles. The molecule has 2 rings (SSSR count). The van der Waals surface area contributed by atoms with E-state index in [-0.39, 0.29) is 11.7 Å². The van der Waals surface area contributed by atoms with Gasteiger partial charge >= 0.3 is 6.18 Å². The van der Waals surface area contributed by atoms with Crippen molar-refractivity contribution >= 4 is 11.6 Å². The lowest BCUT2D eigenvalue weighted by Gasteiger charge is -2.25. The Bertz CT molecular complexity index is 677. The molecule has 0 aliphatic carbocycles. The third-order valence-electron chi connectivity index (χ3n) is 3.99. The molecule has 1 amide bonds. The topological polar surface area (TPSA) is 33.9 Å². The molecule has 1 heterocycles. The molecule has 0 spiro atoms. The lowest BCUT2D eigenvalue weighted by Crippen LogP contribution is -2.36. The van der Waals surface area contributed by atoms with E-state index in [1.54, 1.807) is 4.90 Å². The molecule has 0 saturated carbocycles. The zero-order valence-corrected chi connectivity index (χ0v) is 13.8. The zero-order valence-electron chi connectivity index (χ0n) is 13.8. The quantitative estimate of drug-likeness (QED) is 0.767. The van der Waals surface area contributed by atoms with Crippen molar-refractivity contribution < 1.29 is 22.7 Å². The first-order valence-electron chi connectivity index (χ1n) is 7.64. The minimum absolute atomic E-state index is 0.0560. The number of alkyl halides is 3. The van der Waals surface area contributed by atoms with Gasteiger partial charge in [0.15, 0.2) is 11.8 Å². The molecule has 4 nitrogen and oxygen atoms in total. The number of halogens is 3. The maximum atomic E-state index is 13.0. The van der Waals surface area contributed by atoms with Crippen LogP contribution in [0, 0.1) is 12.0 Å². The lowest BCUT2D eigenvalue weighted by atomic mass is 9.89. The Labute approximate surface area is 139 Å². The molecular weight excluding hydrogens is 321 g/mol. The zero-order chi connectivity index (χ0) is 18.1. The average Bonchev–Trinajstić information content (AvgIpc) is 2.70. The smallest absolute Gasteiger partial charge is 0.407 e. The van der Waals surface area contributed by atoms with Gasteiger partial charge in [-0.3, -0.25) is 4.79 Å². The van der Waals surface area contributed by atoms with Crippen LogP contribution in [-0.2, 0) is 11.0 Å². The molecule has 1 aromatic rings. The SMILES string of the molecule is [C-]#[N+]c1ccc(O[C@H]2C(=O)N(CCC)CC2(C)C)cc1C(F)(F)F. The predicted molar refractivity (Wildman–Crippen MR) is 82.8 cm³/mol. The molecule has 1 aromatic carbocycles. The van der Waals surface area contributed by atoms with E-state index in [1.165, 1.54) is 6.07 Å². The molecule has 1 atom stereocenters. The van der Waals surface area contributed by atoms with Crippen LogP contribution in [0.3, 0.4) is 0 Å². The van der Waals surface area contributed by atoms with Crippen LogP contribution in [0.1, 0.15) is 32.8 Å². The first kappa shape index (κ1) is 18.1. The fraction of sp³-hybridized carbons (Fsp3) is 0.529. The number of likely N-dealkylation sites (tertiary alicyclic amines) is 1. The molecule has 0 N–H and O–H groups in total. The van der Waals surface area contributed by atoms with Crippen molar-refractivity contribution in [3.05, 3.63) is 35.2 Å². The van der Waals surface area contributed by atoms with E-state index in [4.69, 9.17) is 11.3 Å². The Balaban J connectivity index is 2.31. The monoisotopic (exact) mass is 340 g/mol. The van der Waals surface area contributed by atoms with Gasteiger partial charge in [-0.15, -0.1) is 0 Å². The molecule has 130 valence electrons. The minimum Gasteiger partial charge on any atom is -0.480 e. The number of hydrogen-bond donors (Lipinski definition) is 0. The van der Waals surface area contributed by atoms with Gasteiger partial charge in [0, 0.05) is 18.5 Å². The molecule has 0 bridgehead atoms. The average molecular weight is 340 g/mol. The van der Waals surface area contributed by atoms with E-state index in [1.807, 2.05) is 20.8 Å². The number of nitrogens with zero attached hydrogens (tertiary/aromatic N) is 2. The van der Waals surface area contributed by atoms with Crippen LogP contribution in [0.25, 0.3) is 4.85 Å². The summed E-state index contributed by atoms with van der Waals surface area (Å²) in [6.45, 7) is 13.6. The minimum atomic E-state index is -4.65. The highest BCUT2D eigenvalue weighted by molar-refractivity contribution is 5.84. The van der Waals surface area contributed by atoms with Crippen LogP contribution in [0.5, 0.6) is 5.75 Å². The molecule has 1 fully saturated rings. The van der Waals surface area contributed by atoms with E-state index < -0.39 is 28.9 Å². The first-order chi connectivity index (χ1) is 11.1. The number of carbonyl (C=O) groups is 1. The summed E-state index contributed by atoms with van der Waals surface area (Å²) in [4.78, 5) is 17.0. The summed E-state index contributed by atoms with van der Waals surface area (Å²) in [6, 6.07) is 3.16. The van der Waals surface area contributed by atoms with Crippen molar-refractivity contribution in [3.63, 3.8) is 0 Å². The molecule has 7 heteroatoms. The molecule has 24 heavy (non-hydrogen) atoms. The van der Waals surface area contributed by atoms with Gasteiger partial charge in [0.25, 0.3) is 5.91 Å². The third-order valence-corrected chi connectivity index (χ3v) is 3.99. The van der Waals surface area contributed by atoms with Crippen LogP contribution in [-0.4, -0.2) is 30.0 Å². The molecule has 0 radical (unpaired) electrons. The predicted octanol–water partition coefficient (Wildman–Crippen LogP) is 4.28. The van der Waals surface area contributed by atoms with Crippen LogP contribution in [0.15, 0.2) is 18.2 Å². The lowest BCUT2D eigenvalue weighted by molar-refractivity contribution is -0.137. The van der Waals surface area contributed by atoms with Crippen LogP contribution >= 0.6 is 0 Å². The molecule has 1 saturated heterocycles. The van der Waals surface area contributed by atoms with Gasteiger partial charge in [-0.1, -0.05) is 26.8 Å². The van der Waals surface area contributed by atoms with Crippen molar-refractivity contribution in [2.24, 2.45) is 5.41 Å². The van der Waals surface area contributed by atoms with Crippen molar-refractivity contribution in [1.29, 1.82) is 0 Å².